The Bertz CT molecular complexity index is 1240. The largest absolute Gasteiger partial charge is 0.453 e. The average molecular weight is 457 g/mol. The van der Waals surface area contributed by atoms with Crippen LogP contribution >= 0.6 is 0 Å². The van der Waals surface area contributed by atoms with Gasteiger partial charge >= 0.3 is 6.09 Å². The number of hydrogen-bond donors (Lipinski definition) is 1. The zero-order valence-corrected chi connectivity index (χ0v) is 19.3. The van der Waals surface area contributed by atoms with Crippen LogP contribution in [0.4, 0.5) is 4.79 Å². The highest BCUT2D eigenvalue weighted by atomic mass is 32.2. The number of likely N-dealkylation sites (tertiary alicyclic amines) is 1. The molecule has 1 saturated heterocycles. The van der Waals surface area contributed by atoms with Gasteiger partial charge in [-0.15, -0.1) is 0 Å². The van der Waals surface area contributed by atoms with E-state index in [4.69, 9.17) is 4.74 Å². The van der Waals surface area contributed by atoms with Gasteiger partial charge in [0.25, 0.3) is 0 Å². The maximum atomic E-state index is 12.4. The minimum Gasteiger partial charge on any atom is -0.453 e. The molecule has 1 fully saturated rings. The molecule has 0 spiro atoms. The molecule has 0 bridgehead atoms. The van der Waals surface area contributed by atoms with Crippen LogP contribution in [0.5, 0.6) is 0 Å². The zero-order valence-electron chi connectivity index (χ0n) is 18.5. The lowest BCUT2D eigenvalue weighted by atomic mass is 9.90. The standard InChI is InChI=1S/C23H28N4O4S/c1-26-21-10-9-18(14-19(21)15-24-26)17-7-4-6-16(12-17)13-22-20(25-32(3,29)30)8-5-11-27(22)23(28)31-2/h4,6-7,9-10,12,14-15,20,22,25H,5,8,11,13H2,1-3H3/t20-,22-/m0/s1. The van der Waals surface area contributed by atoms with Crippen LogP contribution in [0.25, 0.3) is 22.0 Å². The van der Waals surface area contributed by atoms with Gasteiger partial charge in [0.2, 0.25) is 10.0 Å². The highest BCUT2D eigenvalue weighted by molar-refractivity contribution is 7.88. The SMILES string of the molecule is COC(=O)N1CCC[C@H](NS(C)(=O)=O)[C@@H]1Cc1cccc(-c2ccc3c(cnn3C)c2)c1. The van der Waals surface area contributed by atoms with Gasteiger partial charge in [0.15, 0.2) is 0 Å². The summed E-state index contributed by atoms with van der Waals surface area (Å²) in [5.41, 5.74) is 4.22. The van der Waals surface area contributed by atoms with Crippen LogP contribution in [0.3, 0.4) is 0 Å². The molecule has 2 atom stereocenters. The number of fused-ring (bicyclic) bond motifs is 1. The van der Waals surface area contributed by atoms with Gasteiger partial charge < -0.3 is 9.64 Å². The lowest BCUT2D eigenvalue weighted by Gasteiger charge is -2.40. The fourth-order valence-electron chi connectivity index (χ4n) is 4.53. The quantitative estimate of drug-likeness (QED) is 0.637. The van der Waals surface area contributed by atoms with Crippen LogP contribution < -0.4 is 4.72 Å². The van der Waals surface area contributed by atoms with Gasteiger partial charge in [-0.3, -0.25) is 4.68 Å². The minimum absolute atomic E-state index is 0.332. The zero-order chi connectivity index (χ0) is 22.9. The number of carbonyl (C=O) groups is 1. The number of nitrogens with one attached hydrogen (secondary N) is 1. The molecule has 1 aliphatic heterocycles. The third-order valence-corrected chi connectivity index (χ3v) is 6.74. The first-order valence-corrected chi connectivity index (χ1v) is 12.5. The van der Waals surface area contributed by atoms with E-state index in [9.17, 15) is 13.2 Å². The molecule has 1 aliphatic rings. The van der Waals surface area contributed by atoms with Crippen LogP contribution in [0.15, 0.2) is 48.7 Å². The van der Waals surface area contributed by atoms with Crippen molar-refractivity contribution in [2.45, 2.75) is 31.3 Å². The van der Waals surface area contributed by atoms with Gasteiger partial charge in [0, 0.05) is 25.0 Å². The van der Waals surface area contributed by atoms with Crippen LogP contribution in [-0.2, 0) is 28.2 Å². The normalized spacial score (nSPS) is 19.3. The molecule has 8 nitrogen and oxygen atoms in total. The summed E-state index contributed by atoms with van der Waals surface area (Å²) in [7, 11) is -0.145. The van der Waals surface area contributed by atoms with Crippen molar-refractivity contribution in [1.82, 2.24) is 19.4 Å². The van der Waals surface area contributed by atoms with E-state index < -0.39 is 16.1 Å². The number of amides is 1. The molecule has 9 heteroatoms. The summed E-state index contributed by atoms with van der Waals surface area (Å²) >= 11 is 0. The Labute approximate surface area is 188 Å². The van der Waals surface area contributed by atoms with Crippen molar-refractivity contribution >= 4 is 27.0 Å². The fourth-order valence-corrected chi connectivity index (χ4v) is 5.35. The van der Waals surface area contributed by atoms with Crippen molar-refractivity contribution < 1.29 is 17.9 Å². The molecule has 3 aromatic rings. The van der Waals surface area contributed by atoms with E-state index >= 15 is 0 Å². The number of rotatable bonds is 5. The van der Waals surface area contributed by atoms with Crippen LogP contribution in [0, 0.1) is 0 Å². The summed E-state index contributed by atoms with van der Waals surface area (Å²) in [6.45, 7) is 0.538. The highest BCUT2D eigenvalue weighted by Gasteiger charge is 2.36. The number of hydrogen-bond acceptors (Lipinski definition) is 5. The molecular weight excluding hydrogens is 428 g/mol. The van der Waals surface area contributed by atoms with Gasteiger partial charge in [-0.05, 0) is 48.1 Å². The molecule has 0 radical (unpaired) electrons. The summed E-state index contributed by atoms with van der Waals surface area (Å²) in [6, 6.07) is 13.7. The van der Waals surface area contributed by atoms with Crippen molar-refractivity contribution in [2.75, 3.05) is 19.9 Å². The number of carbonyl (C=O) groups excluding carboxylic acids is 1. The van der Waals surface area contributed by atoms with E-state index in [0.29, 0.717) is 25.8 Å². The summed E-state index contributed by atoms with van der Waals surface area (Å²) in [5, 5.41) is 5.37. The van der Waals surface area contributed by atoms with Crippen molar-refractivity contribution in [3.63, 3.8) is 0 Å². The van der Waals surface area contributed by atoms with E-state index in [1.165, 1.54) is 7.11 Å². The smallest absolute Gasteiger partial charge is 0.409 e. The molecule has 2 aromatic carbocycles. The molecule has 0 aliphatic carbocycles. The molecule has 170 valence electrons. The van der Waals surface area contributed by atoms with Crippen LogP contribution in [0.2, 0.25) is 0 Å². The van der Waals surface area contributed by atoms with E-state index in [2.05, 4.69) is 34.1 Å². The summed E-state index contributed by atoms with van der Waals surface area (Å²) in [4.78, 5) is 14.1. The van der Waals surface area contributed by atoms with E-state index in [1.54, 1.807) is 4.90 Å². The second kappa shape index (κ2) is 8.91. The average Bonchev–Trinajstić information content (AvgIpc) is 3.14. The van der Waals surface area contributed by atoms with E-state index in [1.807, 2.05) is 36.1 Å². The first kappa shape index (κ1) is 22.3. The van der Waals surface area contributed by atoms with Gasteiger partial charge in [-0.2, -0.15) is 5.10 Å². The van der Waals surface area contributed by atoms with E-state index in [-0.39, 0.29) is 12.1 Å². The van der Waals surface area contributed by atoms with Gasteiger partial charge in [0.1, 0.15) is 0 Å². The molecule has 4 rings (SSSR count). The van der Waals surface area contributed by atoms with Crippen molar-refractivity contribution in [2.24, 2.45) is 7.05 Å². The molecule has 2 heterocycles. The van der Waals surface area contributed by atoms with Gasteiger partial charge in [0.05, 0.1) is 31.1 Å². The Hall–Kier alpha value is -2.91. The van der Waals surface area contributed by atoms with Crippen molar-refractivity contribution in [1.29, 1.82) is 0 Å². The summed E-state index contributed by atoms with van der Waals surface area (Å²) in [6.07, 6.45) is 4.46. The molecule has 0 saturated carbocycles. The predicted molar refractivity (Wildman–Crippen MR) is 124 cm³/mol. The number of aromatic nitrogens is 2. The van der Waals surface area contributed by atoms with Crippen molar-refractivity contribution in [3.05, 3.63) is 54.2 Å². The van der Waals surface area contributed by atoms with E-state index in [0.717, 1.165) is 33.8 Å². The second-order valence-electron chi connectivity index (χ2n) is 8.32. The molecule has 0 unspecified atom stereocenters. The Morgan fingerprint density at radius 2 is 2.00 bits per heavy atom. The lowest BCUT2D eigenvalue weighted by molar-refractivity contribution is 0.0792. The number of sulfonamides is 1. The highest BCUT2D eigenvalue weighted by Crippen LogP contribution is 2.27. The number of aryl methyl sites for hydroxylation is 1. The summed E-state index contributed by atoms with van der Waals surface area (Å²) in [5.74, 6) is 0. The van der Waals surface area contributed by atoms with Gasteiger partial charge in [-0.25, -0.2) is 17.9 Å². The maximum absolute atomic E-state index is 12.4. The number of ether oxygens (including phenoxy) is 1. The fraction of sp³-hybridized carbons (Fsp3) is 0.391. The Kier molecular flexibility index (Phi) is 6.21. The first-order chi connectivity index (χ1) is 15.2. The number of methoxy groups -OCH3 is 1. The van der Waals surface area contributed by atoms with Crippen molar-refractivity contribution in [3.8, 4) is 11.1 Å². The Morgan fingerprint density at radius 1 is 1.22 bits per heavy atom. The third-order valence-electron chi connectivity index (χ3n) is 6.00. The van der Waals surface area contributed by atoms with Crippen LogP contribution in [0.1, 0.15) is 18.4 Å². The molecule has 1 N–H and O–H groups in total. The van der Waals surface area contributed by atoms with Crippen LogP contribution in [-0.4, -0.2) is 61.2 Å². The number of piperidine rings is 1. The van der Waals surface area contributed by atoms with Gasteiger partial charge in [-0.1, -0.05) is 30.3 Å². The summed E-state index contributed by atoms with van der Waals surface area (Å²) < 4.78 is 33.4. The monoisotopic (exact) mass is 456 g/mol. The Balaban J connectivity index is 1.64. The molecule has 32 heavy (non-hydrogen) atoms. The third kappa shape index (κ3) is 4.78. The molecular formula is C23H28N4O4S. The second-order valence-corrected chi connectivity index (χ2v) is 10.1. The Morgan fingerprint density at radius 3 is 2.75 bits per heavy atom. The first-order valence-electron chi connectivity index (χ1n) is 10.6. The minimum atomic E-state index is -3.41. The maximum Gasteiger partial charge on any atom is 0.409 e. The molecule has 1 aromatic heterocycles. The topological polar surface area (TPSA) is 93.5 Å². The number of benzene rings is 2. The predicted octanol–water partition coefficient (Wildman–Crippen LogP) is 2.93. The lowest BCUT2D eigenvalue weighted by Crippen LogP contribution is -2.57. The number of nitrogens with zero attached hydrogens (tertiary/aromatic N) is 3. The molecule has 1 amide bonds.